The molecule has 0 radical (unpaired) electrons. The number of rotatable bonds is 9. The molecule has 0 aliphatic rings. The normalized spacial score (nSPS) is 12.1. The fraction of sp³-hybridized carbons (Fsp3) is 0.350. The molecule has 6 nitrogen and oxygen atoms in total. The van der Waals surface area contributed by atoms with E-state index in [0.717, 1.165) is 33.7 Å². The Morgan fingerprint density at radius 1 is 1.32 bits per heavy atom. The number of carbonyl (C=O) groups is 1. The molecule has 0 saturated heterocycles. The molecule has 2 aromatic heterocycles. The largest absolute Gasteiger partial charge is 0.383 e. The van der Waals surface area contributed by atoms with Crippen LogP contribution < -0.4 is 5.32 Å². The topological polar surface area (TPSA) is 69.0 Å². The molecule has 1 N–H and O–H groups in total. The predicted octanol–water partition coefficient (Wildman–Crippen LogP) is 3.60. The minimum atomic E-state index is -0.244. The first kappa shape index (κ1) is 20.6. The summed E-state index contributed by atoms with van der Waals surface area (Å²) >= 11 is 2.98. The molecule has 0 spiro atoms. The lowest BCUT2D eigenvalue weighted by Gasteiger charge is -2.17. The van der Waals surface area contributed by atoms with Crippen LogP contribution in [-0.4, -0.2) is 39.9 Å². The number of nitrogens with one attached hydrogen (secondary N) is 1. The van der Waals surface area contributed by atoms with Crippen LogP contribution in [0.1, 0.15) is 28.0 Å². The van der Waals surface area contributed by atoms with Gasteiger partial charge in [0.1, 0.15) is 11.0 Å². The molecule has 0 fully saturated rings. The standard InChI is InChI=1S/C20H24N4O2S2/c1-14-15(2)24(10-11-26-3)20(22-14)28-13-17(25)23-18(19-21-9-12-27-19)16-7-5-4-6-8-16/h4-9,12,18H,10-11,13H2,1-3H3,(H,23,25). The van der Waals surface area contributed by atoms with Crippen molar-refractivity contribution in [3.05, 3.63) is 63.9 Å². The molecule has 2 heterocycles. The predicted molar refractivity (Wildman–Crippen MR) is 113 cm³/mol. The maximum absolute atomic E-state index is 12.7. The van der Waals surface area contributed by atoms with Crippen molar-refractivity contribution >= 4 is 29.0 Å². The number of nitrogens with zero attached hydrogens (tertiary/aromatic N) is 3. The molecule has 28 heavy (non-hydrogen) atoms. The molecule has 1 unspecified atom stereocenters. The van der Waals surface area contributed by atoms with Gasteiger partial charge in [-0.05, 0) is 19.4 Å². The summed E-state index contributed by atoms with van der Waals surface area (Å²) in [6, 6.07) is 9.66. The Morgan fingerprint density at radius 3 is 2.79 bits per heavy atom. The third-order valence-corrected chi connectivity index (χ3v) is 6.23. The molecular weight excluding hydrogens is 392 g/mol. The van der Waals surface area contributed by atoms with E-state index in [4.69, 9.17) is 4.74 Å². The number of thioether (sulfide) groups is 1. The number of imidazole rings is 1. The van der Waals surface area contributed by atoms with Crippen molar-refractivity contribution in [2.24, 2.45) is 0 Å². The fourth-order valence-corrected chi connectivity index (χ4v) is 4.47. The minimum Gasteiger partial charge on any atom is -0.383 e. The zero-order chi connectivity index (χ0) is 19.9. The van der Waals surface area contributed by atoms with Crippen LogP contribution in [0.25, 0.3) is 0 Å². The Kier molecular flexibility index (Phi) is 7.24. The third-order valence-electron chi connectivity index (χ3n) is 4.41. The van der Waals surface area contributed by atoms with Crippen LogP contribution in [0.5, 0.6) is 0 Å². The number of benzene rings is 1. The molecule has 8 heteroatoms. The van der Waals surface area contributed by atoms with Crippen LogP contribution in [0.4, 0.5) is 0 Å². The summed E-state index contributed by atoms with van der Waals surface area (Å²) in [5, 5.41) is 6.75. The van der Waals surface area contributed by atoms with Gasteiger partial charge in [0.15, 0.2) is 5.16 Å². The summed E-state index contributed by atoms with van der Waals surface area (Å²) in [5.74, 6) is 0.239. The summed E-state index contributed by atoms with van der Waals surface area (Å²) in [6.07, 6.45) is 1.76. The van der Waals surface area contributed by atoms with Gasteiger partial charge >= 0.3 is 0 Å². The van der Waals surface area contributed by atoms with E-state index in [-0.39, 0.29) is 17.7 Å². The van der Waals surface area contributed by atoms with E-state index in [9.17, 15) is 4.79 Å². The SMILES string of the molecule is COCCn1c(SCC(=O)NC(c2ccccc2)c2nccs2)nc(C)c1C. The number of thiazole rings is 1. The number of hydrogen-bond donors (Lipinski definition) is 1. The summed E-state index contributed by atoms with van der Waals surface area (Å²) in [6.45, 7) is 5.35. The first-order valence-electron chi connectivity index (χ1n) is 8.99. The number of ether oxygens (including phenoxy) is 1. The highest BCUT2D eigenvalue weighted by molar-refractivity contribution is 7.99. The van der Waals surface area contributed by atoms with Gasteiger partial charge in [-0.3, -0.25) is 4.79 Å². The van der Waals surface area contributed by atoms with Gasteiger partial charge in [-0.1, -0.05) is 42.1 Å². The average molecular weight is 417 g/mol. The zero-order valence-electron chi connectivity index (χ0n) is 16.2. The van der Waals surface area contributed by atoms with Crippen molar-refractivity contribution in [2.75, 3.05) is 19.5 Å². The second-order valence-corrected chi connectivity index (χ2v) is 8.15. The number of amides is 1. The summed E-state index contributed by atoms with van der Waals surface area (Å²) < 4.78 is 7.29. The number of aryl methyl sites for hydroxylation is 1. The molecule has 0 aliphatic carbocycles. The van der Waals surface area contributed by atoms with E-state index >= 15 is 0 Å². The second kappa shape index (κ2) is 9.86. The Morgan fingerprint density at radius 2 is 2.11 bits per heavy atom. The van der Waals surface area contributed by atoms with Crippen LogP contribution >= 0.6 is 23.1 Å². The van der Waals surface area contributed by atoms with Crippen LogP contribution in [0.15, 0.2) is 47.1 Å². The minimum absolute atomic E-state index is 0.0503. The Hall–Kier alpha value is -2.16. The maximum Gasteiger partial charge on any atom is 0.231 e. The second-order valence-electron chi connectivity index (χ2n) is 6.28. The van der Waals surface area contributed by atoms with Crippen molar-refractivity contribution in [1.82, 2.24) is 19.9 Å². The van der Waals surface area contributed by atoms with Gasteiger partial charge in [0.25, 0.3) is 0 Å². The van der Waals surface area contributed by atoms with E-state index < -0.39 is 0 Å². The molecule has 3 rings (SSSR count). The van der Waals surface area contributed by atoms with Gasteiger partial charge < -0.3 is 14.6 Å². The number of hydrogen-bond acceptors (Lipinski definition) is 6. The molecule has 1 amide bonds. The van der Waals surface area contributed by atoms with Crippen molar-refractivity contribution in [1.29, 1.82) is 0 Å². The van der Waals surface area contributed by atoms with E-state index in [0.29, 0.717) is 6.61 Å². The van der Waals surface area contributed by atoms with Crippen molar-refractivity contribution in [3.8, 4) is 0 Å². The number of carbonyl (C=O) groups excluding carboxylic acids is 1. The smallest absolute Gasteiger partial charge is 0.231 e. The van der Waals surface area contributed by atoms with E-state index in [1.54, 1.807) is 13.3 Å². The highest BCUT2D eigenvalue weighted by Crippen LogP contribution is 2.25. The van der Waals surface area contributed by atoms with Gasteiger partial charge in [0.05, 0.1) is 18.1 Å². The Bertz CT molecular complexity index is 895. The number of methoxy groups -OCH3 is 1. The lowest BCUT2D eigenvalue weighted by atomic mass is 10.1. The molecule has 0 aliphatic heterocycles. The monoisotopic (exact) mass is 416 g/mol. The average Bonchev–Trinajstić information content (AvgIpc) is 3.33. The first-order valence-corrected chi connectivity index (χ1v) is 10.9. The highest BCUT2D eigenvalue weighted by Gasteiger charge is 2.20. The third kappa shape index (κ3) is 5.01. The molecule has 3 aromatic rings. The molecule has 1 atom stereocenters. The number of aromatic nitrogens is 3. The van der Waals surface area contributed by atoms with Gasteiger partial charge in [-0.25, -0.2) is 9.97 Å². The molecule has 148 valence electrons. The molecule has 1 aromatic carbocycles. The van der Waals surface area contributed by atoms with Crippen LogP contribution in [0, 0.1) is 13.8 Å². The van der Waals surface area contributed by atoms with Gasteiger partial charge in [0.2, 0.25) is 5.91 Å². The highest BCUT2D eigenvalue weighted by atomic mass is 32.2. The van der Waals surface area contributed by atoms with Gasteiger partial charge in [-0.2, -0.15) is 0 Å². The molecule has 0 saturated carbocycles. The van der Waals surface area contributed by atoms with Gasteiger partial charge in [-0.15, -0.1) is 11.3 Å². The summed E-state index contributed by atoms with van der Waals surface area (Å²) in [4.78, 5) is 21.7. The fourth-order valence-electron chi connectivity index (χ4n) is 2.82. The summed E-state index contributed by atoms with van der Waals surface area (Å²) in [5.41, 5.74) is 3.10. The molecular formula is C20H24N4O2S2. The van der Waals surface area contributed by atoms with E-state index in [1.165, 1.54) is 23.1 Å². The zero-order valence-corrected chi connectivity index (χ0v) is 17.8. The first-order chi connectivity index (χ1) is 13.6. The van der Waals surface area contributed by atoms with Crippen LogP contribution in [-0.2, 0) is 16.1 Å². The van der Waals surface area contributed by atoms with Crippen molar-refractivity contribution in [2.45, 2.75) is 31.6 Å². The van der Waals surface area contributed by atoms with Crippen LogP contribution in [0.3, 0.4) is 0 Å². The quantitative estimate of drug-likeness (QED) is 0.540. The lowest BCUT2D eigenvalue weighted by Crippen LogP contribution is -2.30. The molecule has 0 bridgehead atoms. The summed E-state index contributed by atoms with van der Waals surface area (Å²) in [7, 11) is 1.68. The lowest BCUT2D eigenvalue weighted by molar-refractivity contribution is -0.119. The Balaban J connectivity index is 1.68. The van der Waals surface area contributed by atoms with Gasteiger partial charge in [0, 0.05) is 30.9 Å². The maximum atomic E-state index is 12.7. The van der Waals surface area contributed by atoms with Crippen LogP contribution in [0.2, 0.25) is 0 Å². The van der Waals surface area contributed by atoms with Crippen molar-refractivity contribution in [3.63, 3.8) is 0 Å². The van der Waals surface area contributed by atoms with Crippen molar-refractivity contribution < 1.29 is 9.53 Å². The Labute approximate surface area is 173 Å². The van der Waals surface area contributed by atoms with E-state index in [2.05, 4.69) is 19.9 Å². The van der Waals surface area contributed by atoms with E-state index in [1.807, 2.05) is 49.6 Å².